The Labute approximate surface area is 534 Å². The zero-order valence-electron chi connectivity index (χ0n) is 49.9. The maximum absolute atomic E-state index is 12.7. The van der Waals surface area contributed by atoms with E-state index in [4.69, 9.17) is 29.9 Å². The number of nitrogens with zero attached hydrogens (tertiary/aromatic N) is 8. The summed E-state index contributed by atoms with van der Waals surface area (Å²) in [7, 11) is 0. The minimum atomic E-state index is -0.439. The third kappa shape index (κ3) is 9.97. The number of ketones is 2. The molecule has 2 aliphatic heterocycles. The van der Waals surface area contributed by atoms with Crippen LogP contribution in [0.4, 0.5) is 39.9 Å². The number of aromatic nitrogens is 2. The lowest BCUT2D eigenvalue weighted by Crippen LogP contribution is -2.30. The molecule has 438 valence electrons. The van der Waals surface area contributed by atoms with Gasteiger partial charge in [0.15, 0.2) is 11.2 Å². The number of halogens is 1. The molecule has 1 aromatic heterocycles. The van der Waals surface area contributed by atoms with Crippen LogP contribution in [-0.4, -0.2) is 21.5 Å². The van der Waals surface area contributed by atoms with E-state index in [2.05, 4.69) is 227 Å². The second-order valence-corrected chi connectivity index (χ2v) is 23.2. The number of Topliss-reactive ketones (excluding diaryl/α,β-unsaturated/α-hetero) is 2. The van der Waals surface area contributed by atoms with E-state index >= 15 is 0 Å². The van der Waals surface area contributed by atoms with Gasteiger partial charge in [-0.05, 0) is 139 Å². The number of carbonyl (C=O) groups is 2. The molecule has 12 nitrogen and oxygen atoms in total. The monoisotopic (exact) mass is 1200 g/mol. The summed E-state index contributed by atoms with van der Waals surface area (Å²) in [6.45, 7) is 22.9. The fourth-order valence-corrected chi connectivity index (χ4v) is 13.0. The molecule has 1 aliphatic carbocycles. The molecule has 12 aromatic rings. The largest absolute Gasteiger partial charge is 0.398 e. The van der Waals surface area contributed by atoms with Crippen molar-refractivity contribution >= 4 is 96.5 Å². The van der Waals surface area contributed by atoms with Crippen molar-refractivity contribution in [2.75, 3.05) is 9.80 Å². The van der Waals surface area contributed by atoms with Gasteiger partial charge in [-0.1, -0.05) is 199 Å². The van der Waals surface area contributed by atoms with Crippen LogP contribution in [-0.2, 0) is 10.8 Å². The molecule has 15 rings (SSSR count). The van der Waals surface area contributed by atoms with Gasteiger partial charge >= 0.3 is 5.82 Å². The summed E-state index contributed by atoms with van der Waals surface area (Å²) in [4.78, 5) is 45.4. The highest BCUT2D eigenvalue weighted by atomic mass is 35.5. The van der Waals surface area contributed by atoms with Gasteiger partial charge in [0.25, 0.3) is 5.82 Å². The maximum atomic E-state index is 12.7. The Hall–Kier alpha value is -12.2. The number of carbonyl (C=O) groups excluding carboxylic acids is 2. The molecule has 0 bridgehead atoms. The SMILES string of the molecule is CC1(C)c2ccccc2N(c2ccc(-c3ccc4c(c3)-c3ccccc3C(=O)C4=O)cc2)c2ccccc21.Cl.[C-]#[N+]/C(N)=C(/N)C#N.[C-]#[N+]c1nc2c3ccccc3c3cc(-c4ccc(N5c6ccccc6C(C)(C)c6ccccc65)cc4)ccc3c2nc1C#N.[HH]. The quantitative estimate of drug-likeness (QED) is 0.0747. The third-order valence-corrected chi connectivity index (χ3v) is 17.5. The molecule has 0 amide bonds. The first-order valence-corrected chi connectivity index (χ1v) is 29.1. The maximum Gasteiger partial charge on any atom is 0.307 e. The predicted molar refractivity (Wildman–Crippen MR) is 368 cm³/mol. The summed E-state index contributed by atoms with van der Waals surface area (Å²) in [5.41, 5.74) is 29.7. The number of anilines is 6. The van der Waals surface area contributed by atoms with Crippen molar-refractivity contribution in [2.45, 2.75) is 38.5 Å². The number of fused-ring (bicyclic) bond motifs is 13. The van der Waals surface area contributed by atoms with Crippen molar-refractivity contribution in [3.63, 3.8) is 0 Å². The zero-order chi connectivity index (χ0) is 62.6. The molecule has 0 unspecified atom stereocenters. The van der Waals surface area contributed by atoms with Crippen LogP contribution in [0, 0.1) is 35.8 Å². The van der Waals surface area contributed by atoms with Crippen molar-refractivity contribution < 1.29 is 11.0 Å². The highest BCUT2D eigenvalue weighted by molar-refractivity contribution is 6.53. The highest BCUT2D eigenvalue weighted by Gasteiger charge is 2.38. The molecule has 0 atom stereocenters. The number of nitriles is 2. The molecule has 3 heterocycles. The third-order valence-electron chi connectivity index (χ3n) is 17.5. The standard InChI is InChI=1S/C39H25N5.C35H25NO2.C4H4N4.ClH.H2/c1-39(2)31-12-6-8-14-34(31)44(35-15-9-7-13-32(35)39)26-19-16-24(17-20-26)25-18-21-29-30(22-25)27-10-4-5-11-28(27)37-36(29)42-33(23-40)38(41-3)43-37;1-35(2)29-11-5-7-13-31(29)36(32-14-8-6-12-30(32)35)24-18-15-22(16-19-24)23-17-20-27-28(21-23)25-9-3-4-10-26(25)33(37)34(27)38;1-8-4(7)3(6)2-5;;/h4-22H,1-2H3;3-21H,1-2H3;6-7H2;2*1H/b;;4-3+;;. The van der Waals surface area contributed by atoms with Gasteiger partial charge in [0.1, 0.15) is 23.4 Å². The van der Waals surface area contributed by atoms with Crippen molar-refractivity contribution in [2.24, 2.45) is 11.5 Å². The minimum Gasteiger partial charge on any atom is -0.398 e. The van der Waals surface area contributed by atoms with E-state index < -0.39 is 11.6 Å². The molecule has 0 fully saturated rings. The number of allylic oxidation sites excluding steroid dienone is 1. The predicted octanol–water partition coefficient (Wildman–Crippen LogP) is 18.8. The van der Waals surface area contributed by atoms with Crippen molar-refractivity contribution in [1.82, 2.24) is 9.97 Å². The van der Waals surface area contributed by atoms with E-state index in [1.807, 2.05) is 48.5 Å². The lowest BCUT2D eigenvalue weighted by Gasteiger charge is -2.42. The average molecular weight is 1200 g/mol. The summed E-state index contributed by atoms with van der Waals surface area (Å²) in [6, 6.07) is 83.0. The number of nitrogens with two attached hydrogens (primary N) is 2. The Morgan fingerprint density at radius 2 is 0.857 bits per heavy atom. The summed E-state index contributed by atoms with van der Waals surface area (Å²) in [5.74, 6) is -1.09. The Kier molecular flexibility index (Phi) is 15.3. The molecule has 3 aliphatic rings. The first-order valence-electron chi connectivity index (χ1n) is 29.1. The molecule has 0 saturated heterocycles. The molecule has 4 N–H and O–H groups in total. The lowest BCUT2D eigenvalue weighted by atomic mass is 9.73. The Bertz CT molecular complexity index is 5100. The highest BCUT2D eigenvalue weighted by Crippen LogP contribution is 2.54. The van der Waals surface area contributed by atoms with E-state index in [9.17, 15) is 14.9 Å². The van der Waals surface area contributed by atoms with Crippen molar-refractivity contribution in [1.29, 1.82) is 10.5 Å². The smallest absolute Gasteiger partial charge is 0.307 e. The van der Waals surface area contributed by atoms with Gasteiger partial charge in [-0.25, -0.2) is 4.98 Å². The van der Waals surface area contributed by atoms with Crippen LogP contribution in [0.3, 0.4) is 0 Å². The lowest BCUT2D eigenvalue weighted by molar-refractivity contribution is 0.0815. The van der Waals surface area contributed by atoms with Gasteiger partial charge < -0.3 is 31.0 Å². The molecular formula is C78H57ClN10O2. The van der Waals surface area contributed by atoms with Crippen LogP contribution < -0.4 is 21.3 Å². The van der Waals surface area contributed by atoms with Crippen molar-refractivity contribution in [3.8, 4) is 45.5 Å². The molecule has 0 saturated carbocycles. The first-order chi connectivity index (χ1) is 43.7. The van der Waals surface area contributed by atoms with Crippen LogP contribution in [0.2, 0.25) is 0 Å². The molecule has 11 aromatic carbocycles. The second-order valence-electron chi connectivity index (χ2n) is 23.2. The molecule has 91 heavy (non-hydrogen) atoms. The van der Waals surface area contributed by atoms with Gasteiger partial charge in [0.05, 0.1) is 22.7 Å². The van der Waals surface area contributed by atoms with E-state index in [0.29, 0.717) is 22.2 Å². The van der Waals surface area contributed by atoms with Crippen LogP contribution in [0.1, 0.15) is 77.8 Å². The molecule has 0 spiro atoms. The van der Waals surface area contributed by atoms with Crippen LogP contribution in [0.15, 0.2) is 242 Å². The Balaban J connectivity index is 0.000000167. The normalized spacial score (nSPS) is 13.6. The van der Waals surface area contributed by atoms with Gasteiger partial charge in [-0.15, -0.1) is 17.4 Å². The summed E-state index contributed by atoms with van der Waals surface area (Å²) in [6.07, 6.45) is 0. The van der Waals surface area contributed by atoms with E-state index in [1.54, 1.807) is 18.2 Å². The fourth-order valence-electron chi connectivity index (χ4n) is 13.0. The topological polar surface area (TPSA) is 175 Å². The number of rotatable bonds is 4. The van der Waals surface area contributed by atoms with Crippen molar-refractivity contribution in [3.05, 3.63) is 304 Å². The fraction of sp³-hybridized carbons (Fsp3) is 0.0769. The molecular weight excluding hydrogens is 1140 g/mol. The first kappa shape index (κ1) is 59.2. The number of hydrogen-bond acceptors (Lipinski definition) is 10. The second kappa shape index (κ2) is 23.5. The van der Waals surface area contributed by atoms with Gasteiger partial charge in [-0.3, -0.25) is 9.59 Å². The van der Waals surface area contributed by atoms with Crippen LogP contribution in [0.25, 0.3) is 75.6 Å². The van der Waals surface area contributed by atoms with E-state index in [1.165, 1.54) is 51.1 Å². The van der Waals surface area contributed by atoms with Crippen LogP contribution in [0.5, 0.6) is 0 Å². The van der Waals surface area contributed by atoms with Gasteiger partial charge in [0.2, 0.25) is 11.6 Å². The number of benzene rings is 11. The molecule has 13 heteroatoms. The summed E-state index contributed by atoms with van der Waals surface area (Å²) in [5, 5.41) is 21.5. The minimum absolute atomic E-state index is 0. The van der Waals surface area contributed by atoms with Crippen LogP contribution >= 0.6 is 12.4 Å². The summed E-state index contributed by atoms with van der Waals surface area (Å²) < 4.78 is 0. The number of para-hydroxylation sites is 4. The molecule has 0 radical (unpaired) electrons. The van der Waals surface area contributed by atoms with Gasteiger partial charge in [-0.2, -0.15) is 10.5 Å². The van der Waals surface area contributed by atoms with E-state index in [-0.39, 0.29) is 47.7 Å². The zero-order valence-corrected chi connectivity index (χ0v) is 50.7. The Morgan fingerprint density at radius 3 is 1.32 bits per heavy atom. The van der Waals surface area contributed by atoms with Gasteiger partial charge in [0, 0.05) is 45.5 Å². The summed E-state index contributed by atoms with van der Waals surface area (Å²) >= 11 is 0. The Morgan fingerprint density at radius 1 is 0.462 bits per heavy atom. The van der Waals surface area contributed by atoms with E-state index in [0.717, 1.165) is 66.3 Å². The average Bonchev–Trinajstić information content (AvgIpc) is 0.762. The number of hydrogen-bond donors (Lipinski definition) is 2.